The number of hydrogen-bond donors (Lipinski definition) is 1. The van der Waals surface area contributed by atoms with Gasteiger partial charge in [-0.25, -0.2) is 0 Å². The molecule has 5 heteroatoms. The Morgan fingerprint density at radius 2 is 1.24 bits per heavy atom. The molecule has 0 unspecified atom stereocenters. The molecular weight excluding hydrogens is 524 g/mol. The third-order valence-electron chi connectivity index (χ3n) is 7.85. The summed E-state index contributed by atoms with van der Waals surface area (Å²) >= 11 is 0. The highest BCUT2D eigenvalue weighted by molar-refractivity contribution is 5.94. The Bertz CT molecular complexity index is 1570. The van der Waals surface area contributed by atoms with Crippen LogP contribution in [0, 0.1) is 0 Å². The molecule has 4 atom stereocenters. The molecular formula is C37H36O5. The summed E-state index contributed by atoms with van der Waals surface area (Å²) < 4.78 is 25.6. The summed E-state index contributed by atoms with van der Waals surface area (Å²) in [5.41, 5.74) is 4.03. The second kappa shape index (κ2) is 13.2. The summed E-state index contributed by atoms with van der Waals surface area (Å²) in [6, 6.07) is 40.1. The maximum absolute atomic E-state index is 11.5. The van der Waals surface area contributed by atoms with E-state index >= 15 is 0 Å². The zero-order valence-electron chi connectivity index (χ0n) is 23.8. The SMILES string of the molecule is C[C@H]1O[C@@H](c2ccc3c(OCc4ccccc4)cccc3c2O)C[C@@H](OCc2ccccc2)[C@H]1OCc1ccccc1. The predicted octanol–water partition coefficient (Wildman–Crippen LogP) is 8.15. The first kappa shape index (κ1) is 28.0. The molecule has 1 saturated heterocycles. The van der Waals surface area contributed by atoms with E-state index in [-0.39, 0.29) is 30.2 Å². The molecule has 1 fully saturated rings. The number of ether oxygens (including phenoxy) is 4. The van der Waals surface area contributed by atoms with E-state index in [1.165, 1.54) is 0 Å². The molecule has 0 radical (unpaired) electrons. The lowest BCUT2D eigenvalue weighted by Gasteiger charge is -2.40. The van der Waals surface area contributed by atoms with Crippen molar-refractivity contribution in [1.82, 2.24) is 0 Å². The van der Waals surface area contributed by atoms with Crippen LogP contribution in [0.1, 0.15) is 41.7 Å². The van der Waals surface area contributed by atoms with E-state index in [9.17, 15) is 5.11 Å². The third-order valence-corrected chi connectivity index (χ3v) is 7.85. The molecule has 6 rings (SSSR count). The second-order valence-corrected chi connectivity index (χ2v) is 10.8. The Kier molecular flexibility index (Phi) is 8.80. The third kappa shape index (κ3) is 6.50. The molecule has 0 spiro atoms. The van der Waals surface area contributed by atoms with Crippen molar-refractivity contribution in [1.29, 1.82) is 0 Å². The first-order valence-corrected chi connectivity index (χ1v) is 14.5. The number of fused-ring (bicyclic) bond motifs is 1. The number of phenolic OH excluding ortho intramolecular Hbond substituents is 1. The Hall–Kier alpha value is -4.16. The molecule has 1 N–H and O–H groups in total. The number of hydrogen-bond acceptors (Lipinski definition) is 5. The summed E-state index contributed by atoms with van der Waals surface area (Å²) in [6.07, 6.45) is -0.525. The molecule has 0 amide bonds. The predicted molar refractivity (Wildman–Crippen MR) is 164 cm³/mol. The fourth-order valence-corrected chi connectivity index (χ4v) is 5.64. The van der Waals surface area contributed by atoms with Crippen molar-refractivity contribution in [3.63, 3.8) is 0 Å². The van der Waals surface area contributed by atoms with E-state index in [4.69, 9.17) is 18.9 Å². The average Bonchev–Trinajstić information content (AvgIpc) is 3.04. The quantitative estimate of drug-likeness (QED) is 0.187. The molecule has 0 bridgehead atoms. The van der Waals surface area contributed by atoms with Gasteiger partial charge in [-0.15, -0.1) is 0 Å². The molecule has 42 heavy (non-hydrogen) atoms. The van der Waals surface area contributed by atoms with Crippen LogP contribution >= 0.6 is 0 Å². The molecule has 1 heterocycles. The minimum absolute atomic E-state index is 0.209. The van der Waals surface area contributed by atoms with Crippen LogP contribution in [0.2, 0.25) is 0 Å². The van der Waals surface area contributed by atoms with Gasteiger partial charge < -0.3 is 24.1 Å². The van der Waals surface area contributed by atoms with E-state index in [1.54, 1.807) is 0 Å². The zero-order valence-corrected chi connectivity index (χ0v) is 23.8. The number of aromatic hydroxyl groups is 1. The fraction of sp³-hybridized carbons (Fsp3) is 0.243. The van der Waals surface area contributed by atoms with Crippen LogP contribution in [0.4, 0.5) is 0 Å². The zero-order chi connectivity index (χ0) is 28.7. The lowest BCUT2D eigenvalue weighted by molar-refractivity contribution is -0.204. The van der Waals surface area contributed by atoms with Crippen molar-refractivity contribution in [2.24, 2.45) is 0 Å². The Labute approximate surface area is 247 Å². The van der Waals surface area contributed by atoms with Gasteiger partial charge in [0.15, 0.2) is 0 Å². The van der Waals surface area contributed by atoms with Crippen molar-refractivity contribution in [2.75, 3.05) is 0 Å². The summed E-state index contributed by atoms with van der Waals surface area (Å²) in [7, 11) is 0. The van der Waals surface area contributed by atoms with Crippen molar-refractivity contribution in [2.45, 2.75) is 57.6 Å². The van der Waals surface area contributed by atoms with Gasteiger partial charge in [0, 0.05) is 22.8 Å². The van der Waals surface area contributed by atoms with E-state index < -0.39 is 0 Å². The van der Waals surface area contributed by atoms with Crippen molar-refractivity contribution in [3.05, 3.63) is 144 Å². The summed E-state index contributed by atoms with van der Waals surface area (Å²) in [5.74, 6) is 0.940. The maximum atomic E-state index is 11.5. The Balaban J connectivity index is 1.23. The molecule has 1 aliphatic rings. The second-order valence-electron chi connectivity index (χ2n) is 10.8. The Morgan fingerprint density at radius 3 is 1.88 bits per heavy atom. The molecule has 0 aliphatic carbocycles. The van der Waals surface area contributed by atoms with Gasteiger partial charge in [0.25, 0.3) is 0 Å². The van der Waals surface area contributed by atoms with Crippen LogP contribution in [0.3, 0.4) is 0 Å². The molecule has 0 saturated carbocycles. The number of benzene rings is 5. The highest BCUT2D eigenvalue weighted by atomic mass is 16.6. The lowest BCUT2D eigenvalue weighted by Crippen LogP contribution is -2.47. The van der Waals surface area contributed by atoms with Crippen LogP contribution in [0.15, 0.2) is 121 Å². The summed E-state index contributed by atoms with van der Waals surface area (Å²) in [4.78, 5) is 0. The monoisotopic (exact) mass is 560 g/mol. The van der Waals surface area contributed by atoms with Gasteiger partial charge in [-0.05, 0) is 29.7 Å². The van der Waals surface area contributed by atoms with Gasteiger partial charge in [-0.3, -0.25) is 0 Å². The van der Waals surface area contributed by atoms with Gasteiger partial charge in [-0.2, -0.15) is 0 Å². The van der Waals surface area contributed by atoms with Crippen LogP contribution in [0.25, 0.3) is 10.8 Å². The van der Waals surface area contributed by atoms with Crippen molar-refractivity contribution >= 4 is 10.8 Å². The first-order chi connectivity index (χ1) is 20.7. The molecule has 5 nitrogen and oxygen atoms in total. The van der Waals surface area contributed by atoms with E-state index in [1.807, 2.05) is 104 Å². The van der Waals surface area contributed by atoms with Crippen LogP contribution < -0.4 is 4.74 Å². The summed E-state index contributed by atoms with van der Waals surface area (Å²) in [6.45, 7) is 3.43. The molecule has 1 aliphatic heterocycles. The minimum atomic E-state index is -0.351. The first-order valence-electron chi connectivity index (χ1n) is 14.5. The van der Waals surface area contributed by atoms with Gasteiger partial charge in [0.1, 0.15) is 24.2 Å². The van der Waals surface area contributed by atoms with Crippen LogP contribution in [-0.2, 0) is 34.0 Å². The van der Waals surface area contributed by atoms with Gasteiger partial charge in [0.2, 0.25) is 0 Å². The van der Waals surface area contributed by atoms with E-state index in [0.29, 0.717) is 26.2 Å². The van der Waals surface area contributed by atoms with Crippen molar-refractivity contribution < 1.29 is 24.1 Å². The smallest absolute Gasteiger partial charge is 0.129 e. The normalized spacial score (nSPS) is 20.4. The highest BCUT2D eigenvalue weighted by Crippen LogP contribution is 2.43. The fourth-order valence-electron chi connectivity index (χ4n) is 5.64. The van der Waals surface area contributed by atoms with E-state index in [2.05, 4.69) is 24.3 Å². The lowest BCUT2D eigenvalue weighted by atomic mass is 9.92. The molecule has 5 aromatic carbocycles. The number of rotatable bonds is 10. The Morgan fingerprint density at radius 1 is 0.643 bits per heavy atom. The standard InChI is InChI=1S/C37H36O5/c1-26-37(41-25-29-16-9-4-10-17-29)35(40-24-28-14-7-3-8-15-28)22-34(42-26)32-21-20-30-31(36(32)38)18-11-19-33(30)39-23-27-12-5-2-6-13-27/h2-21,26,34-35,37-38H,22-25H2,1H3/t26-,34-,35-,37+/m1/s1. The van der Waals surface area contributed by atoms with Crippen LogP contribution in [-0.4, -0.2) is 23.4 Å². The van der Waals surface area contributed by atoms with Crippen LogP contribution in [0.5, 0.6) is 11.5 Å². The summed E-state index contributed by atoms with van der Waals surface area (Å²) in [5, 5.41) is 13.1. The molecule has 0 aromatic heterocycles. The maximum Gasteiger partial charge on any atom is 0.129 e. The van der Waals surface area contributed by atoms with E-state index in [0.717, 1.165) is 38.8 Å². The number of phenols is 1. The van der Waals surface area contributed by atoms with Gasteiger partial charge >= 0.3 is 0 Å². The average molecular weight is 561 g/mol. The minimum Gasteiger partial charge on any atom is -0.507 e. The largest absolute Gasteiger partial charge is 0.507 e. The highest BCUT2D eigenvalue weighted by Gasteiger charge is 2.39. The van der Waals surface area contributed by atoms with Crippen molar-refractivity contribution in [3.8, 4) is 11.5 Å². The van der Waals surface area contributed by atoms with Gasteiger partial charge in [0.05, 0.1) is 31.5 Å². The topological polar surface area (TPSA) is 57.2 Å². The molecule has 214 valence electrons. The van der Waals surface area contributed by atoms with Gasteiger partial charge in [-0.1, -0.05) is 115 Å². The molecule has 5 aromatic rings.